The summed E-state index contributed by atoms with van der Waals surface area (Å²) in [5.41, 5.74) is 0. The molecule has 0 aromatic carbocycles. The average Bonchev–Trinajstić information content (AvgIpc) is 3.01. The smallest absolute Gasteiger partial charge is 0.382 e. The van der Waals surface area contributed by atoms with E-state index in [1.807, 2.05) is 6.92 Å². The molecule has 154 valence electrons. The molecule has 6 nitrogen and oxygen atoms in total. The van der Waals surface area contributed by atoms with Crippen LogP contribution in [0.3, 0.4) is 0 Å². The summed E-state index contributed by atoms with van der Waals surface area (Å²) in [5, 5.41) is 3.27. The molecule has 0 amide bonds. The van der Waals surface area contributed by atoms with Crippen molar-refractivity contribution in [1.29, 1.82) is 0 Å². The number of nitrogens with one attached hydrogen (secondary N) is 1. The van der Waals surface area contributed by atoms with Gasteiger partial charge in [-0.2, -0.15) is 13.2 Å². The molecule has 1 fully saturated rings. The van der Waals surface area contributed by atoms with Gasteiger partial charge in [0, 0.05) is 39.2 Å². The molecule has 1 saturated heterocycles. The number of hydrogen-bond donors (Lipinski definition) is 1. The van der Waals surface area contributed by atoms with E-state index in [-0.39, 0.29) is 0 Å². The van der Waals surface area contributed by atoms with E-state index in [2.05, 4.69) is 15.2 Å². The fraction of sp³-hybridized carbons (Fsp3) is 0.941. The highest BCUT2D eigenvalue weighted by Gasteiger charge is 2.29. The monoisotopic (exact) mass is 382 g/mol. The van der Waals surface area contributed by atoms with E-state index in [9.17, 15) is 13.2 Å². The summed E-state index contributed by atoms with van der Waals surface area (Å²) in [6, 6.07) is 0. The molecule has 0 aromatic heterocycles. The first-order valence-corrected chi connectivity index (χ1v) is 9.21. The van der Waals surface area contributed by atoms with Crippen molar-refractivity contribution in [2.75, 3.05) is 73.2 Å². The lowest BCUT2D eigenvalue weighted by molar-refractivity contribution is -0.143. The predicted molar refractivity (Wildman–Crippen MR) is 96.5 cm³/mol. The molecule has 0 spiro atoms. The summed E-state index contributed by atoms with van der Waals surface area (Å²) in [7, 11) is 3.14. The van der Waals surface area contributed by atoms with Crippen LogP contribution in [-0.2, 0) is 9.47 Å². The van der Waals surface area contributed by atoms with Crippen LogP contribution in [0.1, 0.15) is 19.8 Å². The van der Waals surface area contributed by atoms with Gasteiger partial charge in [-0.15, -0.1) is 0 Å². The minimum atomic E-state index is -4.15. The number of likely N-dealkylation sites (tertiary alicyclic amines) is 1. The molecule has 1 atom stereocenters. The number of ether oxygens (including phenoxy) is 2. The van der Waals surface area contributed by atoms with Crippen molar-refractivity contribution in [2.24, 2.45) is 10.9 Å². The molecule has 0 radical (unpaired) electrons. The topological polar surface area (TPSA) is 49.3 Å². The number of guanidine groups is 1. The largest absolute Gasteiger partial charge is 0.401 e. The molecule has 1 N–H and O–H groups in total. The average molecular weight is 382 g/mol. The standard InChI is InChI=1S/C17H33F3N4O2/c1-4-21-16(22-7-5-8-23(2)14-17(18,19)20)24-9-6-15(12-24)13-26-11-10-25-3/h15H,4-14H2,1-3H3,(H,21,22). The summed E-state index contributed by atoms with van der Waals surface area (Å²) in [6.45, 7) is 6.48. The summed E-state index contributed by atoms with van der Waals surface area (Å²) in [6.07, 6.45) is -2.51. The zero-order valence-corrected chi connectivity index (χ0v) is 16.1. The van der Waals surface area contributed by atoms with E-state index in [4.69, 9.17) is 9.47 Å². The van der Waals surface area contributed by atoms with E-state index in [1.54, 1.807) is 7.11 Å². The van der Waals surface area contributed by atoms with Gasteiger partial charge in [0.15, 0.2) is 5.96 Å². The number of alkyl halides is 3. The highest BCUT2D eigenvalue weighted by atomic mass is 19.4. The van der Waals surface area contributed by atoms with E-state index in [0.717, 1.165) is 32.0 Å². The van der Waals surface area contributed by atoms with Gasteiger partial charge >= 0.3 is 6.18 Å². The van der Waals surface area contributed by atoms with Crippen LogP contribution < -0.4 is 5.32 Å². The third kappa shape index (κ3) is 10.2. The molecule has 26 heavy (non-hydrogen) atoms. The van der Waals surface area contributed by atoms with Crippen LogP contribution >= 0.6 is 0 Å². The Hall–Kier alpha value is -1.06. The van der Waals surface area contributed by atoms with Gasteiger partial charge in [-0.05, 0) is 33.4 Å². The van der Waals surface area contributed by atoms with Crippen LogP contribution in [-0.4, -0.2) is 95.2 Å². The normalized spacial score (nSPS) is 18.8. The molecular formula is C17H33F3N4O2. The first-order chi connectivity index (χ1) is 12.4. The fourth-order valence-electron chi connectivity index (χ4n) is 2.89. The number of halogens is 3. The highest BCUT2D eigenvalue weighted by molar-refractivity contribution is 5.80. The lowest BCUT2D eigenvalue weighted by Crippen LogP contribution is -2.40. The van der Waals surface area contributed by atoms with Crippen LogP contribution in [0, 0.1) is 5.92 Å². The van der Waals surface area contributed by atoms with Crippen LogP contribution in [0.15, 0.2) is 4.99 Å². The minimum absolute atomic E-state index is 0.373. The van der Waals surface area contributed by atoms with Gasteiger partial charge in [-0.1, -0.05) is 0 Å². The van der Waals surface area contributed by atoms with Gasteiger partial charge in [0.05, 0.1) is 26.4 Å². The first-order valence-electron chi connectivity index (χ1n) is 9.21. The number of aliphatic imine (C=N–C) groups is 1. The molecule has 1 aliphatic heterocycles. The summed E-state index contributed by atoms with van der Waals surface area (Å²) in [5.74, 6) is 1.30. The van der Waals surface area contributed by atoms with E-state index >= 15 is 0 Å². The van der Waals surface area contributed by atoms with Crippen LogP contribution in [0.4, 0.5) is 13.2 Å². The lowest BCUT2D eigenvalue weighted by Gasteiger charge is -2.22. The zero-order chi connectivity index (χ0) is 19.4. The lowest BCUT2D eigenvalue weighted by atomic mass is 10.1. The Labute approximate surface area is 154 Å². The Balaban J connectivity index is 2.34. The Morgan fingerprint density at radius 1 is 1.35 bits per heavy atom. The van der Waals surface area contributed by atoms with E-state index < -0.39 is 12.7 Å². The molecule has 0 aromatic rings. The summed E-state index contributed by atoms with van der Waals surface area (Å²) < 4.78 is 47.5. The number of methoxy groups -OCH3 is 1. The molecule has 9 heteroatoms. The van der Waals surface area contributed by atoms with Crippen molar-refractivity contribution in [2.45, 2.75) is 25.9 Å². The Morgan fingerprint density at radius 2 is 2.12 bits per heavy atom. The van der Waals surface area contributed by atoms with Gasteiger partial charge in [0.1, 0.15) is 0 Å². The maximum atomic E-state index is 12.3. The van der Waals surface area contributed by atoms with Gasteiger partial charge in [0.25, 0.3) is 0 Å². The zero-order valence-electron chi connectivity index (χ0n) is 16.1. The van der Waals surface area contributed by atoms with E-state index in [1.165, 1.54) is 11.9 Å². The molecule has 0 bridgehead atoms. The SMILES string of the molecule is CCNC(=NCCCN(C)CC(F)(F)F)N1CCC(COCCOC)C1. The second-order valence-electron chi connectivity index (χ2n) is 6.61. The molecule has 1 aliphatic rings. The van der Waals surface area contributed by atoms with Crippen molar-refractivity contribution in [3.8, 4) is 0 Å². The van der Waals surface area contributed by atoms with Gasteiger partial charge in [-0.25, -0.2) is 0 Å². The molecule has 1 unspecified atom stereocenters. The predicted octanol–water partition coefficient (Wildman–Crippen LogP) is 1.82. The molecule has 0 saturated carbocycles. The van der Waals surface area contributed by atoms with Gasteiger partial charge < -0.3 is 19.7 Å². The molecule has 1 rings (SSSR count). The van der Waals surface area contributed by atoms with Crippen molar-refractivity contribution in [3.05, 3.63) is 0 Å². The second-order valence-corrected chi connectivity index (χ2v) is 6.61. The van der Waals surface area contributed by atoms with Crippen LogP contribution in [0.25, 0.3) is 0 Å². The summed E-state index contributed by atoms with van der Waals surface area (Å²) >= 11 is 0. The Bertz CT molecular complexity index is 408. The molecular weight excluding hydrogens is 349 g/mol. The van der Waals surface area contributed by atoms with Crippen LogP contribution in [0.5, 0.6) is 0 Å². The maximum absolute atomic E-state index is 12.3. The first kappa shape index (κ1) is 23.0. The van der Waals surface area contributed by atoms with Crippen molar-refractivity contribution >= 4 is 5.96 Å². The highest BCUT2D eigenvalue weighted by Crippen LogP contribution is 2.17. The second kappa shape index (κ2) is 12.3. The van der Waals surface area contributed by atoms with Gasteiger partial charge in [0.2, 0.25) is 0 Å². The number of nitrogens with zero attached hydrogens (tertiary/aromatic N) is 3. The minimum Gasteiger partial charge on any atom is -0.382 e. The van der Waals surface area contributed by atoms with E-state index in [0.29, 0.717) is 45.2 Å². The summed E-state index contributed by atoms with van der Waals surface area (Å²) in [4.78, 5) is 8.06. The number of hydrogen-bond acceptors (Lipinski definition) is 4. The Kier molecular flexibility index (Phi) is 10.9. The maximum Gasteiger partial charge on any atom is 0.401 e. The quantitative estimate of drug-likeness (QED) is 0.336. The molecule has 1 heterocycles. The van der Waals surface area contributed by atoms with Crippen LogP contribution in [0.2, 0.25) is 0 Å². The van der Waals surface area contributed by atoms with Gasteiger partial charge in [-0.3, -0.25) is 9.89 Å². The third-order valence-corrected chi connectivity index (χ3v) is 4.11. The number of rotatable bonds is 11. The fourth-order valence-corrected chi connectivity index (χ4v) is 2.89. The van der Waals surface area contributed by atoms with Crippen molar-refractivity contribution in [3.63, 3.8) is 0 Å². The Morgan fingerprint density at radius 3 is 2.77 bits per heavy atom. The van der Waals surface area contributed by atoms with Crippen molar-refractivity contribution in [1.82, 2.24) is 15.1 Å². The third-order valence-electron chi connectivity index (χ3n) is 4.11. The molecule has 0 aliphatic carbocycles. The van der Waals surface area contributed by atoms with Crippen molar-refractivity contribution < 1.29 is 22.6 Å².